The Bertz CT molecular complexity index is 1050. The molecule has 1 aromatic heterocycles. The van der Waals surface area contributed by atoms with Crippen molar-refractivity contribution >= 4 is 5.91 Å². The molecule has 1 fully saturated rings. The first-order valence-electron chi connectivity index (χ1n) is 9.71. The minimum absolute atomic E-state index is 0.0560. The topological polar surface area (TPSA) is 69.4 Å². The number of amides is 1. The summed E-state index contributed by atoms with van der Waals surface area (Å²) < 4.78 is 8.21. The molecule has 0 saturated carbocycles. The van der Waals surface area contributed by atoms with E-state index in [1.165, 1.54) is 4.68 Å². The quantitative estimate of drug-likeness (QED) is 0.669. The number of hydrogen-bond acceptors (Lipinski definition) is 4. The Morgan fingerprint density at radius 3 is 2.55 bits per heavy atom. The molecular formula is C22H24N4O3. The number of carbonyl (C=O) groups is 1. The summed E-state index contributed by atoms with van der Waals surface area (Å²) in [6.07, 6.45) is 1.66. The molecule has 0 radical (unpaired) electrons. The van der Waals surface area contributed by atoms with Crippen LogP contribution in [0.15, 0.2) is 59.4 Å². The van der Waals surface area contributed by atoms with Gasteiger partial charge in [-0.2, -0.15) is 5.10 Å². The molecule has 2 aromatic carbocycles. The Balaban J connectivity index is 1.65. The molecule has 7 nitrogen and oxygen atoms in total. The van der Waals surface area contributed by atoms with Gasteiger partial charge in [0.25, 0.3) is 5.91 Å². The van der Waals surface area contributed by atoms with Crippen LogP contribution in [-0.4, -0.2) is 38.8 Å². The predicted molar refractivity (Wildman–Crippen MR) is 109 cm³/mol. The van der Waals surface area contributed by atoms with Gasteiger partial charge in [0.05, 0.1) is 19.7 Å². The number of aromatic nitrogens is 3. The van der Waals surface area contributed by atoms with Gasteiger partial charge >= 0.3 is 5.69 Å². The maximum Gasteiger partial charge on any atom is 0.346 e. The molecule has 0 spiro atoms. The van der Waals surface area contributed by atoms with Crippen molar-refractivity contribution in [3.05, 3.63) is 82.0 Å². The van der Waals surface area contributed by atoms with Crippen molar-refractivity contribution in [3.63, 3.8) is 0 Å². The van der Waals surface area contributed by atoms with Crippen LogP contribution in [0.5, 0.6) is 5.75 Å². The predicted octanol–water partition coefficient (Wildman–Crippen LogP) is 2.62. The third-order valence-corrected chi connectivity index (χ3v) is 5.37. The van der Waals surface area contributed by atoms with Crippen LogP contribution in [0, 0.1) is 0 Å². The van der Waals surface area contributed by atoms with Crippen LogP contribution in [0.4, 0.5) is 0 Å². The molecule has 1 aliphatic heterocycles. The molecule has 0 bridgehead atoms. The van der Waals surface area contributed by atoms with Gasteiger partial charge in [-0.05, 0) is 42.7 Å². The van der Waals surface area contributed by atoms with Crippen LogP contribution in [0.2, 0.25) is 0 Å². The summed E-state index contributed by atoms with van der Waals surface area (Å²) in [5.41, 5.74) is 1.45. The third kappa shape index (κ3) is 3.68. The number of aryl methyl sites for hydroxylation is 1. The molecule has 0 N–H and O–H groups in total. The molecule has 1 atom stereocenters. The van der Waals surface area contributed by atoms with Crippen LogP contribution in [0.25, 0.3) is 0 Å². The normalized spacial score (nSPS) is 16.2. The summed E-state index contributed by atoms with van der Waals surface area (Å²) in [7, 11) is 3.25. The lowest BCUT2D eigenvalue weighted by atomic mass is 10.1. The van der Waals surface area contributed by atoms with Crippen LogP contribution in [0.3, 0.4) is 0 Å². The van der Waals surface area contributed by atoms with Gasteiger partial charge in [0.1, 0.15) is 5.75 Å². The van der Waals surface area contributed by atoms with E-state index in [0.717, 1.165) is 18.4 Å². The highest BCUT2D eigenvalue weighted by atomic mass is 16.5. The molecule has 4 rings (SSSR count). The van der Waals surface area contributed by atoms with E-state index in [0.29, 0.717) is 30.2 Å². The smallest absolute Gasteiger partial charge is 0.346 e. The van der Waals surface area contributed by atoms with Crippen LogP contribution in [0.1, 0.15) is 40.6 Å². The first-order chi connectivity index (χ1) is 14.1. The Kier molecular flexibility index (Phi) is 5.20. The number of hydrogen-bond donors (Lipinski definition) is 0. The van der Waals surface area contributed by atoms with E-state index in [1.54, 1.807) is 43.0 Å². The van der Waals surface area contributed by atoms with Gasteiger partial charge < -0.3 is 9.64 Å². The monoisotopic (exact) mass is 392 g/mol. The van der Waals surface area contributed by atoms with E-state index < -0.39 is 0 Å². The minimum Gasteiger partial charge on any atom is -0.497 e. The van der Waals surface area contributed by atoms with E-state index in [-0.39, 0.29) is 17.6 Å². The van der Waals surface area contributed by atoms with Gasteiger partial charge in [0.2, 0.25) is 0 Å². The highest BCUT2D eigenvalue weighted by Gasteiger charge is 2.34. The molecule has 29 heavy (non-hydrogen) atoms. The largest absolute Gasteiger partial charge is 0.497 e. The summed E-state index contributed by atoms with van der Waals surface area (Å²) in [6.45, 7) is 1.08. The third-order valence-electron chi connectivity index (χ3n) is 5.37. The molecule has 1 saturated heterocycles. The fourth-order valence-corrected chi connectivity index (χ4v) is 3.86. The Morgan fingerprint density at radius 1 is 1.14 bits per heavy atom. The maximum atomic E-state index is 13.2. The molecule has 1 unspecified atom stereocenters. The van der Waals surface area contributed by atoms with Gasteiger partial charge in [-0.1, -0.05) is 30.3 Å². The molecule has 1 aliphatic rings. The number of carbonyl (C=O) groups excluding carboxylic acids is 1. The summed E-state index contributed by atoms with van der Waals surface area (Å²) in [5, 5.41) is 4.50. The van der Waals surface area contributed by atoms with Crippen LogP contribution < -0.4 is 10.4 Å². The number of rotatable bonds is 5. The second-order valence-corrected chi connectivity index (χ2v) is 7.22. The first-order valence-corrected chi connectivity index (χ1v) is 9.71. The lowest BCUT2D eigenvalue weighted by Gasteiger charge is -2.24. The summed E-state index contributed by atoms with van der Waals surface area (Å²) in [6, 6.07) is 16.7. The van der Waals surface area contributed by atoms with Gasteiger partial charge in [-0.3, -0.25) is 9.36 Å². The maximum absolute atomic E-state index is 13.2. The molecular weight excluding hydrogens is 368 g/mol. The van der Waals surface area contributed by atoms with Crippen molar-refractivity contribution in [1.29, 1.82) is 0 Å². The van der Waals surface area contributed by atoms with E-state index in [9.17, 15) is 9.59 Å². The number of ether oxygens (including phenoxy) is 1. The average Bonchev–Trinajstić information content (AvgIpc) is 3.34. The standard InChI is InChI=1S/C22H24N4O3/c1-24-22(28)26(15-16-7-4-3-5-8-16)20(23-24)19-9-6-14-25(19)21(27)17-10-12-18(29-2)13-11-17/h3-5,7-8,10-13,19H,6,9,14-15H2,1-2H3. The van der Waals surface area contributed by atoms with E-state index in [2.05, 4.69) is 5.10 Å². The van der Waals surface area contributed by atoms with Crippen molar-refractivity contribution in [2.45, 2.75) is 25.4 Å². The van der Waals surface area contributed by atoms with Gasteiger partial charge in [0.15, 0.2) is 5.82 Å². The van der Waals surface area contributed by atoms with Gasteiger partial charge in [-0.15, -0.1) is 0 Å². The molecule has 3 aromatic rings. The molecule has 150 valence electrons. The van der Waals surface area contributed by atoms with Gasteiger partial charge in [0, 0.05) is 19.2 Å². The van der Waals surface area contributed by atoms with Gasteiger partial charge in [-0.25, -0.2) is 9.48 Å². The fourth-order valence-electron chi connectivity index (χ4n) is 3.86. The second kappa shape index (κ2) is 7.95. The summed E-state index contributed by atoms with van der Waals surface area (Å²) in [4.78, 5) is 27.7. The second-order valence-electron chi connectivity index (χ2n) is 7.22. The van der Waals surface area contributed by atoms with Crippen molar-refractivity contribution in [2.24, 2.45) is 7.05 Å². The van der Waals surface area contributed by atoms with Crippen LogP contribution in [-0.2, 0) is 13.6 Å². The van der Waals surface area contributed by atoms with Crippen LogP contribution >= 0.6 is 0 Å². The van der Waals surface area contributed by atoms with Crippen molar-refractivity contribution in [1.82, 2.24) is 19.2 Å². The van der Waals surface area contributed by atoms with Crippen molar-refractivity contribution in [2.75, 3.05) is 13.7 Å². The first kappa shape index (κ1) is 19.0. The number of benzene rings is 2. The summed E-state index contributed by atoms with van der Waals surface area (Å²) >= 11 is 0. The zero-order valence-corrected chi connectivity index (χ0v) is 16.6. The van der Waals surface area contributed by atoms with E-state index in [1.807, 2.05) is 35.2 Å². The highest BCUT2D eigenvalue weighted by Crippen LogP contribution is 2.32. The van der Waals surface area contributed by atoms with Crippen molar-refractivity contribution in [3.8, 4) is 5.75 Å². The molecule has 2 heterocycles. The minimum atomic E-state index is -0.220. The summed E-state index contributed by atoms with van der Waals surface area (Å²) in [5.74, 6) is 1.29. The Hall–Kier alpha value is -3.35. The number of likely N-dealkylation sites (tertiary alicyclic amines) is 1. The Labute approximate surface area is 169 Å². The van der Waals surface area contributed by atoms with Crippen molar-refractivity contribution < 1.29 is 9.53 Å². The zero-order chi connectivity index (χ0) is 20.4. The lowest BCUT2D eigenvalue weighted by Crippen LogP contribution is -2.33. The SMILES string of the molecule is COc1ccc(C(=O)N2CCCC2c2nn(C)c(=O)n2Cc2ccccc2)cc1. The van der Waals surface area contributed by atoms with E-state index in [4.69, 9.17) is 4.74 Å². The molecule has 0 aliphatic carbocycles. The van der Waals surface area contributed by atoms with E-state index >= 15 is 0 Å². The number of nitrogens with zero attached hydrogens (tertiary/aromatic N) is 4. The number of methoxy groups -OCH3 is 1. The molecule has 7 heteroatoms. The lowest BCUT2D eigenvalue weighted by molar-refractivity contribution is 0.0727. The highest BCUT2D eigenvalue weighted by molar-refractivity contribution is 5.94. The average molecular weight is 392 g/mol. The fraction of sp³-hybridized carbons (Fsp3) is 0.318. The Morgan fingerprint density at radius 2 is 1.86 bits per heavy atom. The zero-order valence-electron chi connectivity index (χ0n) is 16.6. The molecule has 1 amide bonds.